The number of rotatable bonds is 7. The zero-order valence-electron chi connectivity index (χ0n) is 15.9. The Labute approximate surface area is 157 Å². The first-order chi connectivity index (χ1) is 13.0. The summed E-state index contributed by atoms with van der Waals surface area (Å²) in [4.78, 5) is 16.8. The van der Waals surface area contributed by atoms with Crippen LogP contribution in [0.15, 0.2) is 45.3 Å². The highest BCUT2D eigenvalue weighted by Crippen LogP contribution is 2.26. The van der Waals surface area contributed by atoms with Crippen molar-refractivity contribution in [3.8, 4) is 17.1 Å². The zero-order valence-corrected chi connectivity index (χ0v) is 15.9. The van der Waals surface area contributed by atoms with Gasteiger partial charge in [0.05, 0.1) is 7.11 Å². The van der Waals surface area contributed by atoms with E-state index in [0.717, 1.165) is 17.7 Å². The van der Waals surface area contributed by atoms with Crippen LogP contribution in [0.5, 0.6) is 5.75 Å². The average Bonchev–Trinajstić information content (AvgIpc) is 3.31. The van der Waals surface area contributed by atoms with Gasteiger partial charge in [0.1, 0.15) is 17.6 Å². The number of nitrogens with zero attached hydrogens (tertiary/aromatic N) is 2. The summed E-state index contributed by atoms with van der Waals surface area (Å²) in [5.74, 6) is 2.61. The smallest absolute Gasteiger partial charge is 0.287 e. The van der Waals surface area contributed by atoms with Crippen molar-refractivity contribution in [3.63, 3.8) is 0 Å². The standard InChI is InChI=1S/C20H23N3O4/c1-12(2)10-18-22-20(27-23-18)13(3)21-19(24)17-9-8-16(26-17)14-6-5-7-15(11-14)25-4/h5-9,11-13H,10H2,1-4H3,(H,21,24)/t13-/m0/s1. The molecule has 142 valence electrons. The normalized spacial score (nSPS) is 12.2. The summed E-state index contributed by atoms with van der Waals surface area (Å²) in [5.41, 5.74) is 0.830. The Morgan fingerprint density at radius 2 is 2.04 bits per heavy atom. The van der Waals surface area contributed by atoms with Gasteiger partial charge < -0.3 is 19.0 Å². The first-order valence-corrected chi connectivity index (χ1v) is 8.84. The molecule has 1 amide bonds. The minimum atomic E-state index is -0.420. The lowest BCUT2D eigenvalue weighted by atomic mass is 10.1. The Morgan fingerprint density at radius 3 is 2.78 bits per heavy atom. The van der Waals surface area contributed by atoms with E-state index in [0.29, 0.717) is 23.4 Å². The third-order valence-electron chi connectivity index (χ3n) is 3.98. The fourth-order valence-corrected chi connectivity index (χ4v) is 2.61. The number of nitrogens with one attached hydrogen (secondary N) is 1. The Morgan fingerprint density at radius 1 is 1.22 bits per heavy atom. The number of carbonyl (C=O) groups is 1. The molecule has 0 aliphatic rings. The van der Waals surface area contributed by atoms with Gasteiger partial charge >= 0.3 is 0 Å². The number of aromatic nitrogens is 2. The quantitative estimate of drug-likeness (QED) is 0.676. The first kappa shape index (κ1) is 18.7. The van der Waals surface area contributed by atoms with Crippen LogP contribution < -0.4 is 10.1 Å². The lowest BCUT2D eigenvalue weighted by molar-refractivity contribution is 0.0905. The summed E-state index contributed by atoms with van der Waals surface area (Å²) in [6.07, 6.45) is 0.728. The van der Waals surface area contributed by atoms with Gasteiger partial charge in [0.15, 0.2) is 11.6 Å². The number of hydrogen-bond donors (Lipinski definition) is 1. The topological polar surface area (TPSA) is 90.4 Å². The van der Waals surface area contributed by atoms with Gasteiger partial charge in [0, 0.05) is 12.0 Å². The summed E-state index contributed by atoms with van der Waals surface area (Å²) < 4.78 is 16.1. The van der Waals surface area contributed by atoms with E-state index in [9.17, 15) is 4.79 Å². The van der Waals surface area contributed by atoms with Crippen molar-refractivity contribution in [2.75, 3.05) is 7.11 Å². The van der Waals surface area contributed by atoms with Crippen molar-refractivity contribution in [3.05, 3.63) is 53.9 Å². The summed E-state index contributed by atoms with van der Waals surface area (Å²) in [6.45, 7) is 5.95. The number of carbonyl (C=O) groups excluding carboxylic acids is 1. The molecule has 27 heavy (non-hydrogen) atoms. The van der Waals surface area contributed by atoms with E-state index in [2.05, 4.69) is 29.3 Å². The second kappa shape index (κ2) is 8.07. The van der Waals surface area contributed by atoms with Crippen LogP contribution in [0.2, 0.25) is 0 Å². The van der Waals surface area contributed by atoms with Crippen molar-refractivity contribution in [2.45, 2.75) is 33.2 Å². The predicted molar refractivity (Wildman–Crippen MR) is 99.4 cm³/mol. The maximum absolute atomic E-state index is 12.5. The predicted octanol–water partition coefficient (Wildman–Crippen LogP) is 4.03. The molecule has 2 aromatic heterocycles. The van der Waals surface area contributed by atoms with E-state index >= 15 is 0 Å². The molecule has 1 aromatic carbocycles. The Balaban J connectivity index is 1.67. The summed E-state index contributed by atoms with van der Waals surface area (Å²) in [7, 11) is 1.60. The van der Waals surface area contributed by atoms with E-state index in [-0.39, 0.29) is 11.7 Å². The molecule has 3 rings (SSSR count). The molecular formula is C20H23N3O4. The molecule has 0 aliphatic heterocycles. The third-order valence-corrected chi connectivity index (χ3v) is 3.98. The first-order valence-electron chi connectivity index (χ1n) is 8.84. The summed E-state index contributed by atoms with van der Waals surface area (Å²) in [6, 6.07) is 10.4. The molecule has 0 saturated heterocycles. The molecule has 1 atom stereocenters. The van der Waals surface area contributed by atoms with Crippen LogP contribution in [0.4, 0.5) is 0 Å². The minimum Gasteiger partial charge on any atom is -0.497 e. The van der Waals surface area contributed by atoms with Crippen LogP contribution in [0.25, 0.3) is 11.3 Å². The third kappa shape index (κ3) is 4.55. The number of amides is 1. The van der Waals surface area contributed by atoms with Crippen LogP contribution in [0.1, 0.15) is 49.1 Å². The maximum atomic E-state index is 12.5. The van der Waals surface area contributed by atoms with E-state index in [1.807, 2.05) is 24.3 Å². The van der Waals surface area contributed by atoms with Gasteiger partial charge in [-0.2, -0.15) is 4.98 Å². The van der Waals surface area contributed by atoms with Crippen molar-refractivity contribution in [1.29, 1.82) is 0 Å². The Bertz CT molecular complexity index is 913. The number of furan rings is 1. The molecule has 0 radical (unpaired) electrons. The fraction of sp³-hybridized carbons (Fsp3) is 0.350. The molecule has 2 heterocycles. The van der Waals surface area contributed by atoms with Gasteiger partial charge in [0.25, 0.3) is 5.91 Å². The van der Waals surface area contributed by atoms with E-state index in [4.69, 9.17) is 13.7 Å². The second-order valence-electron chi connectivity index (χ2n) is 6.74. The largest absolute Gasteiger partial charge is 0.497 e. The van der Waals surface area contributed by atoms with Crippen LogP contribution in [0, 0.1) is 5.92 Å². The molecule has 0 unspecified atom stereocenters. The minimum absolute atomic E-state index is 0.210. The van der Waals surface area contributed by atoms with E-state index < -0.39 is 6.04 Å². The van der Waals surface area contributed by atoms with Crippen molar-refractivity contribution < 1.29 is 18.5 Å². The Kier molecular flexibility index (Phi) is 5.59. The van der Waals surface area contributed by atoms with Gasteiger partial charge in [-0.15, -0.1) is 0 Å². The van der Waals surface area contributed by atoms with E-state index in [1.165, 1.54) is 0 Å². The fourth-order valence-electron chi connectivity index (χ4n) is 2.61. The monoisotopic (exact) mass is 369 g/mol. The molecule has 3 aromatic rings. The van der Waals surface area contributed by atoms with Gasteiger partial charge in [0.2, 0.25) is 5.89 Å². The van der Waals surface area contributed by atoms with Gasteiger partial charge in [-0.1, -0.05) is 31.1 Å². The summed E-state index contributed by atoms with van der Waals surface area (Å²) in [5, 5.41) is 6.76. The molecule has 0 fully saturated rings. The number of hydrogen-bond acceptors (Lipinski definition) is 6. The van der Waals surface area contributed by atoms with Crippen LogP contribution in [-0.4, -0.2) is 23.2 Å². The van der Waals surface area contributed by atoms with Crippen molar-refractivity contribution in [1.82, 2.24) is 15.5 Å². The number of ether oxygens (including phenoxy) is 1. The molecular weight excluding hydrogens is 346 g/mol. The molecule has 7 nitrogen and oxygen atoms in total. The highest BCUT2D eigenvalue weighted by Gasteiger charge is 2.20. The molecule has 0 aliphatic carbocycles. The molecule has 1 N–H and O–H groups in total. The van der Waals surface area contributed by atoms with Gasteiger partial charge in [-0.25, -0.2) is 0 Å². The average molecular weight is 369 g/mol. The lowest BCUT2D eigenvalue weighted by Crippen LogP contribution is -2.26. The van der Waals surface area contributed by atoms with Crippen LogP contribution in [0.3, 0.4) is 0 Å². The van der Waals surface area contributed by atoms with Crippen LogP contribution >= 0.6 is 0 Å². The Hall–Kier alpha value is -3.09. The zero-order chi connectivity index (χ0) is 19.4. The molecule has 0 saturated carbocycles. The summed E-state index contributed by atoms with van der Waals surface area (Å²) >= 11 is 0. The molecule has 0 spiro atoms. The SMILES string of the molecule is COc1cccc(-c2ccc(C(=O)N[C@@H](C)c3nc(CC(C)C)no3)o2)c1. The van der Waals surface area contributed by atoms with Gasteiger partial charge in [-0.05, 0) is 37.1 Å². The highest BCUT2D eigenvalue weighted by atomic mass is 16.5. The van der Waals surface area contributed by atoms with Crippen LogP contribution in [-0.2, 0) is 6.42 Å². The van der Waals surface area contributed by atoms with E-state index in [1.54, 1.807) is 26.2 Å². The molecule has 7 heteroatoms. The maximum Gasteiger partial charge on any atom is 0.287 e. The number of methoxy groups -OCH3 is 1. The van der Waals surface area contributed by atoms with Crippen molar-refractivity contribution >= 4 is 5.91 Å². The second-order valence-corrected chi connectivity index (χ2v) is 6.74. The number of benzene rings is 1. The highest BCUT2D eigenvalue weighted by molar-refractivity contribution is 5.92. The molecule has 0 bridgehead atoms. The van der Waals surface area contributed by atoms with Gasteiger partial charge in [-0.3, -0.25) is 4.79 Å². The van der Waals surface area contributed by atoms with Crippen molar-refractivity contribution in [2.24, 2.45) is 5.92 Å². The lowest BCUT2D eigenvalue weighted by Gasteiger charge is -2.08.